The molecule has 0 spiro atoms. The van der Waals surface area contributed by atoms with Crippen LogP contribution in [0.15, 0.2) is 18.2 Å². The van der Waals surface area contributed by atoms with E-state index in [-0.39, 0.29) is 18.4 Å². The molecule has 0 aromatic heterocycles. The van der Waals surface area contributed by atoms with Gasteiger partial charge in [-0.15, -0.1) is 12.4 Å². The van der Waals surface area contributed by atoms with Gasteiger partial charge in [0.1, 0.15) is 0 Å². The van der Waals surface area contributed by atoms with E-state index in [0.29, 0.717) is 5.92 Å². The van der Waals surface area contributed by atoms with Crippen molar-refractivity contribution < 1.29 is 9.47 Å². The Labute approximate surface area is 109 Å². The van der Waals surface area contributed by atoms with Crippen LogP contribution in [-0.2, 0) is 0 Å². The van der Waals surface area contributed by atoms with E-state index in [1.54, 1.807) is 14.2 Å². The number of benzene rings is 1. The molecule has 0 heterocycles. The minimum Gasteiger partial charge on any atom is -0.493 e. The van der Waals surface area contributed by atoms with Gasteiger partial charge in [-0.3, -0.25) is 0 Å². The van der Waals surface area contributed by atoms with Gasteiger partial charge in [0.25, 0.3) is 0 Å². The van der Waals surface area contributed by atoms with Gasteiger partial charge < -0.3 is 15.2 Å². The molecule has 1 fully saturated rings. The third-order valence-corrected chi connectivity index (χ3v) is 3.45. The van der Waals surface area contributed by atoms with E-state index in [1.807, 2.05) is 18.2 Å². The fourth-order valence-corrected chi connectivity index (χ4v) is 2.23. The molecular weight excluding hydrogens is 238 g/mol. The van der Waals surface area contributed by atoms with E-state index >= 15 is 0 Å². The number of halogens is 1. The monoisotopic (exact) mass is 257 g/mol. The van der Waals surface area contributed by atoms with Gasteiger partial charge in [0.05, 0.1) is 14.2 Å². The van der Waals surface area contributed by atoms with Crippen molar-refractivity contribution in [2.75, 3.05) is 14.2 Å². The first-order chi connectivity index (χ1) is 7.77. The van der Waals surface area contributed by atoms with Crippen LogP contribution in [0.5, 0.6) is 11.5 Å². The van der Waals surface area contributed by atoms with Crippen LogP contribution in [-0.4, -0.2) is 14.2 Å². The maximum Gasteiger partial charge on any atom is 0.165 e. The zero-order valence-corrected chi connectivity index (χ0v) is 11.1. The lowest BCUT2D eigenvalue weighted by atomic mass is 9.77. The predicted octanol–water partition coefficient (Wildman–Crippen LogP) is 2.93. The first-order valence-electron chi connectivity index (χ1n) is 5.74. The van der Waals surface area contributed by atoms with Crippen LogP contribution in [0.3, 0.4) is 0 Å². The van der Waals surface area contributed by atoms with Gasteiger partial charge in [0.15, 0.2) is 11.5 Å². The molecule has 1 aromatic rings. The minimum absolute atomic E-state index is 0. The smallest absolute Gasteiger partial charge is 0.165 e. The number of hydrogen-bond donors (Lipinski definition) is 1. The summed E-state index contributed by atoms with van der Waals surface area (Å²) >= 11 is 0. The van der Waals surface area contributed by atoms with Gasteiger partial charge in [-0.1, -0.05) is 18.6 Å². The lowest BCUT2D eigenvalue weighted by Gasteiger charge is -2.32. The fourth-order valence-electron chi connectivity index (χ4n) is 2.23. The second-order valence-corrected chi connectivity index (χ2v) is 4.30. The maximum atomic E-state index is 6.26. The maximum absolute atomic E-state index is 6.26. The number of rotatable bonds is 4. The Hall–Kier alpha value is -0.930. The molecule has 0 amide bonds. The molecular formula is C13H20ClNO2. The van der Waals surface area contributed by atoms with Crippen LogP contribution in [0, 0.1) is 5.92 Å². The van der Waals surface area contributed by atoms with Gasteiger partial charge in [0.2, 0.25) is 0 Å². The third kappa shape index (κ3) is 2.67. The second-order valence-electron chi connectivity index (χ2n) is 4.30. The molecule has 2 rings (SSSR count). The normalized spacial score (nSPS) is 16.6. The van der Waals surface area contributed by atoms with Gasteiger partial charge >= 0.3 is 0 Å². The summed E-state index contributed by atoms with van der Waals surface area (Å²) in [5, 5.41) is 0. The Morgan fingerprint density at radius 1 is 1.24 bits per heavy atom. The lowest BCUT2D eigenvalue weighted by molar-refractivity contribution is 0.257. The zero-order valence-electron chi connectivity index (χ0n) is 10.3. The summed E-state index contributed by atoms with van der Waals surface area (Å²) in [4.78, 5) is 0. The molecule has 0 radical (unpaired) electrons. The summed E-state index contributed by atoms with van der Waals surface area (Å²) in [5.74, 6) is 2.14. The van der Waals surface area contributed by atoms with Crippen LogP contribution in [0.2, 0.25) is 0 Å². The largest absolute Gasteiger partial charge is 0.493 e. The van der Waals surface area contributed by atoms with E-state index < -0.39 is 0 Å². The highest BCUT2D eigenvalue weighted by Gasteiger charge is 2.28. The number of ether oxygens (including phenoxy) is 2. The van der Waals surface area contributed by atoms with E-state index in [2.05, 4.69) is 0 Å². The van der Waals surface area contributed by atoms with Crippen molar-refractivity contribution in [1.82, 2.24) is 0 Å². The first-order valence-corrected chi connectivity index (χ1v) is 5.74. The zero-order chi connectivity index (χ0) is 11.5. The van der Waals surface area contributed by atoms with Gasteiger partial charge in [-0.2, -0.15) is 0 Å². The van der Waals surface area contributed by atoms with E-state index in [4.69, 9.17) is 15.2 Å². The Morgan fingerprint density at radius 2 is 1.94 bits per heavy atom. The van der Waals surface area contributed by atoms with Crippen LogP contribution in [0.1, 0.15) is 30.9 Å². The average Bonchev–Trinajstić information content (AvgIpc) is 2.25. The van der Waals surface area contributed by atoms with Crippen molar-refractivity contribution in [3.63, 3.8) is 0 Å². The molecule has 0 bridgehead atoms. The minimum atomic E-state index is 0. The molecule has 0 unspecified atom stereocenters. The number of para-hydroxylation sites is 1. The van der Waals surface area contributed by atoms with Crippen molar-refractivity contribution in [2.45, 2.75) is 25.3 Å². The molecule has 1 atom stereocenters. The molecule has 0 saturated heterocycles. The molecule has 3 nitrogen and oxygen atoms in total. The van der Waals surface area contributed by atoms with Crippen molar-refractivity contribution in [2.24, 2.45) is 11.7 Å². The van der Waals surface area contributed by atoms with Crippen LogP contribution in [0.25, 0.3) is 0 Å². The van der Waals surface area contributed by atoms with Gasteiger partial charge in [0, 0.05) is 11.6 Å². The highest BCUT2D eigenvalue weighted by atomic mass is 35.5. The van der Waals surface area contributed by atoms with E-state index in [0.717, 1.165) is 17.1 Å². The van der Waals surface area contributed by atoms with Crippen molar-refractivity contribution >= 4 is 12.4 Å². The number of nitrogens with two attached hydrogens (primary N) is 1. The van der Waals surface area contributed by atoms with Crippen molar-refractivity contribution in [1.29, 1.82) is 0 Å². The Kier molecular flexibility index (Phi) is 5.09. The average molecular weight is 258 g/mol. The standard InChI is InChI=1S/C13H19NO2.ClH/c1-15-11-8-4-7-10(13(11)16-2)12(14)9-5-3-6-9;/h4,7-9,12H,3,5-6,14H2,1-2H3;1H/t12-;/m1./s1. The van der Waals surface area contributed by atoms with E-state index in [9.17, 15) is 0 Å². The number of hydrogen-bond acceptors (Lipinski definition) is 3. The Balaban J connectivity index is 0.00000144. The quantitative estimate of drug-likeness (QED) is 0.902. The fraction of sp³-hybridized carbons (Fsp3) is 0.538. The molecule has 4 heteroatoms. The molecule has 1 saturated carbocycles. The summed E-state index contributed by atoms with van der Waals surface area (Å²) in [6.45, 7) is 0. The Morgan fingerprint density at radius 3 is 2.41 bits per heavy atom. The molecule has 17 heavy (non-hydrogen) atoms. The molecule has 1 aliphatic carbocycles. The summed E-state index contributed by atoms with van der Waals surface area (Å²) in [6.07, 6.45) is 3.74. The first kappa shape index (κ1) is 14.1. The summed E-state index contributed by atoms with van der Waals surface area (Å²) in [7, 11) is 3.31. The summed E-state index contributed by atoms with van der Waals surface area (Å²) in [6, 6.07) is 5.97. The molecule has 1 aliphatic rings. The Bertz CT molecular complexity index is 366. The lowest BCUT2D eigenvalue weighted by Crippen LogP contribution is -2.27. The van der Waals surface area contributed by atoms with Gasteiger partial charge in [-0.25, -0.2) is 0 Å². The molecule has 96 valence electrons. The number of methoxy groups -OCH3 is 2. The third-order valence-electron chi connectivity index (χ3n) is 3.45. The molecule has 2 N–H and O–H groups in total. The summed E-state index contributed by atoms with van der Waals surface area (Å²) < 4.78 is 10.7. The van der Waals surface area contributed by atoms with Gasteiger partial charge in [-0.05, 0) is 24.8 Å². The van der Waals surface area contributed by atoms with Crippen LogP contribution < -0.4 is 15.2 Å². The predicted molar refractivity (Wildman–Crippen MR) is 71.1 cm³/mol. The van der Waals surface area contributed by atoms with Crippen molar-refractivity contribution in [3.05, 3.63) is 23.8 Å². The summed E-state index contributed by atoms with van der Waals surface area (Å²) in [5.41, 5.74) is 7.33. The SMILES string of the molecule is COc1cccc([C@H](N)C2CCC2)c1OC.Cl. The topological polar surface area (TPSA) is 44.5 Å². The second kappa shape index (κ2) is 6.12. The van der Waals surface area contributed by atoms with Crippen LogP contribution in [0.4, 0.5) is 0 Å². The highest BCUT2D eigenvalue weighted by Crippen LogP contribution is 2.42. The molecule has 0 aliphatic heterocycles. The van der Waals surface area contributed by atoms with E-state index in [1.165, 1.54) is 19.3 Å². The van der Waals surface area contributed by atoms with Crippen molar-refractivity contribution in [3.8, 4) is 11.5 Å². The molecule has 1 aromatic carbocycles. The van der Waals surface area contributed by atoms with Crippen LogP contribution >= 0.6 is 12.4 Å². The highest BCUT2D eigenvalue weighted by molar-refractivity contribution is 5.85.